The Bertz CT molecular complexity index is 505. The fourth-order valence-corrected chi connectivity index (χ4v) is 1.81. The molecule has 8 nitrogen and oxygen atoms in total. The van der Waals surface area contributed by atoms with E-state index in [0.29, 0.717) is 25.1 Å². The Hall–Kier alpha value is -2.35. The molecule has 2 N–H and O–H groups in total. The highest BCUT2D eigenvalue weighted by Crippen LogP contribution is 2.30. The van der Waals surface area contributed by atoms with Crippen LogP contribution in [-0.2, 0) is 9.53 Å². The molecular weight excluding hydrogens is 280 g/mol. The second kappa shape index (κ2) is 8.05. The lowest BCUT2D eigenvalue weighted by atomic mass is 10.1. The van der Waals surface area contributed by atoms with Crippen molar-refractivity contribution in [1.82, 2.24) is 0 Å². The van der Waals surface area contributed by atoms with E-state index in [1.54, 1.807) is 7.11 Å². The molecule has 1 atom stereocenters. The van der Waals surface area contributed by atoms with Crippen molar-refractivity contribution in [3.05, 3.63) is 28.3 Å². The third-order valence-corrected chi connectivity index (χ3v) is 2.86. The highest BCUT2D eigenvalue weighted by molar-refractivity contribution is 5.77. The number of carbonyl (C=O) groups is 1. The maximum absolute atomic E-state index is 11.2. The van der Waals surface area contributed by atoms with E-state index in [-0.39, 0.29) is 11.4 Å². The highest BCUT2D eigenvalue weighted by Gasteiger charge is 2.19. The molecule has 0 aliphatic rings. The molecule has 0 heterocycles. The molecule has 1 aromatic carbocycles. The van der Waals surface area contributed by atoms with Gasteiger partial charge in [0.05, 0.1) is 12.0 Å². The van der Waals surface area contributed by atoms with E-state index in [1.807, 2.05) is 0 Å². The molecule has 0 aliphatic carbocycles. The largest absolute Gasteiger partial charge is 0.490 e. The zero-order valence-electron chi connectivity index (χ0n) is 11.9. The van der Waals surface area contributed by atoms with Gasteiger partial charge in [0.25, 0.3) is 0 Å². The van der Waals surface area contributed by atoms with Crippen molar-refractivity contribution < 1.29 is 24.3 Å². The van der Waals surface area contributed by atoms with Gasteiger partial charge in [0, 0.05) is 31.5 Å². The molecule has 116 valence electrons. The number of benzene rings is 1. The van der Waals surface area contributed by atoms with Gasteiger partial charge in [-0.3, -0.25) is 10.1 Å². The monoisotopic (exact) mass is 298 g/mol. The molecule has 1 aromatic rings. The zero-order valence-corrected chi connectivity index (χ0v) is 11.9. The van der Waals surface area contributed by atoms with Crippen LogP contribution in [0.25, 0.3) is 0 Å². The Balaban J connectivity index is 2.84. The fourth-order valence-electron chi connectivity index (χ4n) is 1.81. The third kappa shape index (κ3) is 4.92. The first-order chi connectivity index (χ1) is 9.99. The van der Waals surface area contributed by atoms with Gasteiger partial charge in [-0.05, 0) is 18.9 Å². The minimum absolute atomic E-state index is 0.0750. The van der Waals surface area contributed by atoms with Gasteiger partial charge in [-0.2, -0.15) is 0 Å². The maximum atomic E-state index is 11.2. The van der Waals surface area contributed by atoms with Crippen LogP contribution in [0.5, 0.6) is 5.75 Å². The Morgan fingerprint density at radius 2 is 2.19 bits per heavy atom. The molecule has 0 bridgehead atoms. The van der Waals surface area contributed by atoms with Crippen LogP contribution >= 0.6 is 0 Å². The molecule has 0 aliphatic heterocycles. The number of rotatable bonds is 9. The first-order valence-electron chi connectivity index (χ1n) is 6.30. The van der Waals surface area contributed by atoms with Crippen LogP contribution in [0.15, 0.2) is 18.2 Å². The third-order valence-electron chi connectivity index (χ3n) is 2.86. The molecule has 0 amide bonds. The van der Waals surface area contributed by atoms with Crippen LogP contribution in [-0.4, -0.2) is 42.9 Å². The molecule has 1 rings (SSSR count). The second-order valence-corrected chi connectivity index (χ2v) is 4.31. The van der Waals surface area contributed by atoms with Crippen LogP contribution in [0.1, 0.15) is 12.8 Å². The molecule has 0 saturated heterocycles. The minimum Gasteiger partial charge on any atom is -0.490 e. The summed E-state index contributed by atoms with van der Waals surface area (Å²) in [6, 6.07) is 3.33. The first-order valence-corrected chi connectivity index (χ1v) is 6.30. The number of nitro benzene ring substituents is 1. The predicted octanol–water partition coefficient (Wildman–Crippen LogP) is 1.90. The molecule has 21 heavy (non-hydrogen) atoms. The van der Waals surface area contributed by atoms with E-state index in [0.717, 1.165) is 0 Å². The van der Waals surface area contributed by atoms with Gasteiger partial charge in [0.1, 0.15) is 6.04 Å². The van der Waals surface area contributed by atoms with E-state index in [1.165, 1.54) is 25.3 Å². The topological polar surface area (TPSA) is 111 Å². The first kappa shape index (κ1) is 16.7. The van der Waals surface area contributed by atoms with Crippen molar-refractivity contribution in [2.45, 2.75) is 18.9 Å². The summed E-state index contributed by atoms with van der Waals surface area (Å²) in [6.45, 7) is 0.467. The van der Waals surface area contributed by atoms with Crippen molar-refractivity contribution in [3.8, 4) is 5.75 Å². The number of nitrogens with zero attached hydrogens (tertiary/aromatic N) is 1. The molecule has 0 radical (unpaired) electrons. The molecular formula is C13H18N2O6. The number of aliphatic carboxylic acids is 1. The predicted molar refractivity (Wildman–Crippen MR) is 75.8 cm³/mol. The summed E-state index contributed by atoms with van der Waals surface area (Å²) >= 11 is 0. The van der Waals surface area contributed by atoms with Crippen LogP contribution in [0.2, 0.25) is 0 Å². The SMILES string of the molecule is COCCCC(Nc1ccc([N+](=O)[O-])c(OC)c1)C(=O)O. The van der Waals surface area contributed by atoms with E-state index in [4.69, 9.17) is 14.6 Å². The summed E-state index contributed by atoms with van der Waals surface area (Å²) in [4.78, 5) is 21.4. The number of carboxylic acids is 1. The van der Waals surface area contributed by atoms with Gasteiger partial charge in [0.2, 0.25) is 0 Å². The van der Waals surface area contributed by atoms with Gasteiger partial charge < -0.3 is 19.9 Å². The number of methoxy groups -OCH3 is 2. The Kier molecular flexibility index (Phi) is 6.41. The van der Waals surface area contributed by atoms with Crippen molar-refractivity contribution in [3.63, 3.8) is 0 Å². The molecule has 0 spiro atoms. The van der Waals surface area contributed by atoms with E-state index in [9.17, 15) is 14.9 Å². The average molecular weight is 298 g/mol. The van der Waals surface area contributed by atoms with Crippen molar-refractivity contribution in [1.29, 1.82) is 0 Å². The lowest BCUT2D eigenvalue weighted by molar-refractivity contribution is -0.385. The number of carboxylic acid groups (broad SMARTS) is 1. The second-order valence-electron chi connectivity index (χ2n) is 4.31. The smallest absolute Gasteiger partial charge is 0.326 e. The number of ether oxygens (including phenoxy) is 2. The van der Waals surface area contributed by atoms with Crippen LogP contribution in [0.4, 0.5) is 11.4 Å². The summed E-state index contributed by atoms with van der Waals surface area (Å²) < 4.78 is 9.82. The van der Waals surface area contributed by atoms with Crippen LogP contribution in [0.3, 0.4) is 0 Å². The standard InChI is InChI=1S/C13H18N2O6/c1-20-7-3-4-10(13(16)17)14-9-5-6-11(15(18)19)12(8-9)21-2/h5-6,8,10,14H,3-4,7H2,1-2H3,(H,16,17). The van der Waals surface area contributed by atoms with Crippen LogP contribution in [0, 0.1) is 10.1 Å². The zero-order chi connectivity index (χ0) is 15.8. The lowest BCUT2D eigenvalue weighted by Crippen LogP contribution is -2.29. The lowest BCUT2D eigenvalue weighted by Gasteiger charge is -2.16. The van der Waals surface area contributed by atoms with Crippen LogP contribution < -0.4 is 10.1 Å². The van der Waals surface area contributed by atoms with Gasteiger partial charge in [0.15, 0.2) is 5.75 Å². The van der Waals surface area contributed by atoms with Crippen molar-refractivity contribution in [2.75, 3.05) is 26.1 Å². The molecule has 8 heteroatoms. The molecule has 0 aromatic heterocycles. The Morgan fingerprint density at radius 1 is 1.48 bits per heavy atom. The van der Waals surface area contributed by atoms with E-state index < -0.39 is 16.9 Å². The van der Waals surface area contributed by atoms with Gasteiger partial charge >= 0.3 is 11.7 Å². The quantitative estimate of drug-likeness (QED) is 0.407. The van der Waals surface area contributed by atoms with Crippen molar-refractivity contribution >= 4 is 17.3 Å². The fraction of sp³-hybridized carbons (Fsp3) is 0.462. The number of nitrogens with one attached hydrogen (secondary N) is 1. The average Bonchev–Trinajstić information content (AvgIpc) is 2.45. The Morgan fingerprint density at radius 3 is 2.71 bits per heavy atom. The summed E-state index contributed by atoms with van der Waals surface area (Å²) in [7, 11) is 2.86. The molecule has 0 fully saturated rings. The Labute approximate surface area is 121 Å². The maximum Gasteiger partial charge on any atom is 0.326 e. The summed E-state index contributed by atoms with van der Waals surface area (Å²) in [5.74, 6) is -0.922. The number of nitro groups is 1. The normalized spacial score (nSPS) is 11.7. The number of hydrogen-bond acceptors (Lipinski definition) is 6. The van der Waals surface area contributed by atoms with Gasteiger partial charge in [-0.1, -0.05) is 0 Å². The summed E-state index contributed by atoms with van der Waals surface area (Å²) in [5, 5.41) is 22.8. The van der Waals surface area contributed by atoms with Gasteiger partial charge in [-0.25, -0.2) is 4.79 Å². The summed E-state index contributed by atoms with van der Waals surface area (Å²) in [6.07, 6.45) is 0.965. The number of anilines is 1. The number of hydrogen-bond donors (Lipinski definition) is 2. The van der Waals surface area contributed by atoms with Crippen molar-refractivity contribution in [2.24, 2.45) is 0 Å². The molecule has 0 saturated carbocycles. The van der Waals surface area contributed by atoms with Gasteiger partial charge in [-0.15, -0.1) is 0 Å². The highest BCUT2D eigenvalue weighted by atomic mass is 16.6. The van der Waals surface area contributed by atoms with E-state index >= 15 is 0 Å². The minimum atomic E-state index is -0.997. The summed E-state index contributed by atoms with van der Waals surface area (Å²) in [5.41, 5.74) is 0.275. The molecule has 1 unspecified atom stereocenters. The van der Waals surface area contributed by atoms with E-state index in [2.05, 4.69) is 5.32 Å².